The number of morpholine rings is 1. The molecule has 0 spiro atoms. The Morgan fingerprint density at radius 1 is 1.05 bits per heavy atom. The Morgan fingerprint density at radius 2 is 1.74 bits per heavy atom. The van der Waals surface area contributed by atoms with Gasteiger partial charge < -0.3 is 24.2 Å². The summed E-state index contributed by atoms with van der Waals surface area (Å²) >= 11 is 0. The Balaban J connectivity index is 1.70. The maximum Gasteiger partial charge on any atom is 0.295 e. The van der Waals surface area contributed by atoms with Crippen LogP contribution in [0.1, 0.15) is 56.3 Å². The molecule has 8 heteroatoms. The standard InChI is InChI=1S/C31H40N2O6/c1-5-6-17-38-24-9-7-23(8-10-24)28-27(29(34)26-12-11-25(20-22(26)4)39-21(2)3)30(35)31(36)33(28)14-13-32-15-18-37-19-16-32/h7-12,20-21,28,34H,5-6,13-19H2,1-4H3/b29-27+. The van der Waals surface area contributed by atoms with Gasteiger partial charge in [-0.3, -0.25) is 14.5 Å². The summed E-state index contributed by atoms with van der Waals surface area (Å²) in [5.74, 6) is -0.0430. The van der Waals surface area contributed by atoms with Gasteiger partial charge in [0.05, 0.1) is 37.5 Å². The Labute approximate surface area is 231 Å². The zero-order chi connectivity index (χ0) is 27.9. The molecule has 1 amide bonds. The molecule has 0 bridgehead atoms. The van der Waals surface area contributed by atoms with Crippen molar-refractivity contribution in [2.45, 2.75) is 52.7 Å². The van der Waals surface area contributed by atoms with Gasteiger partial charge in [0.25, 0.3) is 11.7 Å². The fourth-order valence-corrected chi connectivity index (χ4v) is 5.00. The van der Waals surface area contributed by atoms with Crippen LogP contribution in [-0.4, -0.2) is 78.7 Å². The fourth-order valence-electron chi connectivity index (χ4n) is 5.00. The lowest BCUT2D eigenvalue weighted by Gasteiger charge is -2.31. The van der Waals surface area contributed by atoms with Crippen LogP contribution in [0.25, 0.3) is 5.76 Å². The van der Waals surface area contributed by atoms with E-state index in [-0.39, 0.29) is 17.4 Å². The fraction of sp³-hybridized carbons (Fsp3) is 0.484. The van der Waals surface area contributed by atoms with E-state index in [0.717, 1.165) is 42.8 Å². The Kier molecular flexibility index (Phi) is 9.64. The van der Waals surface area contributed by atoms with Crippen molar-refractivity contribution in [1.82, 2.24) is 9.80 Å². The van der Waals surface area contributed by atoms with Gasteiger partial charge in [-0.25, -0.2) is 0 Å². The summed E-state index contributed by atoms with van der Waals surface area (Å²) in [5.41, 5.74) is 2.10. The van der Waals surface area contributed by atoms with Gasteiger partial charge in [0.2, 0.25) is 0 Å². The molecule has 39 heavy (non-hydrogen) atoms. The van der Waals surface area contributed by atoms with Crippen LogP contribution in [0.4, 0.5) is 0 Å². The second-order valence-electron chi connectivity index (χ2n) is 10.4. The van der Waals surface area contributed by atoms with Crippen LogP contribution in [0.15, 0.2) is 48.0 Å². The molecule has 0 radical (unpaired) electrons. The third-order valence-electron chi connectivity index (χ3n) is 7.09. The third kappa shape index (κ3) is 6.81. The number of nitrogens with zero attached hydrogens (tertiary/aromatic N) is 2. The molecule has 2 heterocycles. The highest BCUT2D eigenvalue weighted by molar-refractivity contribution is 6.46. The molecule has 2 aromatic rings. The molecule has 210 valence electrons. The molecular formula is C31H40N2O6. The number of likely N-dealkylation sites (tertiary alicyclic amines) is 1. The average molecular weight is 537 g/mol. The van der Waals surface area contributed by atoms with E-state index < -0.39 is 17.7 Å². The zero-order valence-electron chi connectivity index (χ0n) is 23.4. The maximum absolute atomic E-state index is 13.4. The number of Topliss-reactive ketones (excluding diaryl/α,β-unsaturated/α-hetero) is 1. The van der Waals surface area contributed by atoms with E-state index >= 15 is 0 Å². The predicted octanol–water partition coefficient (Wildman–Crippen LogP) is 4.72. The Bertz CT molecular complexity index is 1180. The van der Waals surface area contributed by atoms with Crippen LogP contribution in [0, 0.1) is 6.92 Å². The quantitative estimate of drug-likeness (QED) is 0.193. The van der Waals surface area contributed by atoms with Gasteiger partial charge in [-0.2, -0.15) is 0 Å². The molecule has 1 unspecified atom stereocenters. The molecule has 0 aliphatic carbocycles. The van der Waals surface area contributed by atoms with Gasteiger partial charge in [0.1, 0.15) is 17.3 Å². The molecule has 0 saturated carbocycles. The monoisotopic (exact) mass is 536 g/mol. The van der Waals surface area contributed by atoms with E-state index in [1.165, 1.54) is 0 Å². The Hall–Kier alpha value is -3.36. The minimum atomic E-state index is -0.707. The number of ether oxygens (including phenoxy) is 3. The second kappa shape index (κ2) is 13.1. The summed E-state index contributed by atoms with van der Waals surface area (Å²) in [6, 6.07) is 12.1. The van der Waals surface area contributed by atoms with Crippen molar-refractivity contribution in [3.63, 3.8) is 0 Å². The lowest BCUT2D eigenvalue weighted by molar-refractivity contribution is -0.140. The number of hydrogen-bond acceptors (Lipinski definition) is 7. The van der Waals surface area contributed by atoms with E-state index in [4.69, 9.17) is 14.2 Å². The second-order valence-corrected chi connectivity index (χ2v) is 10.4. The van der Waals surface area contributed by atoms with Crippen molar-refractivity contribution in [1.29, 1.82) is 0 Å². The number of unbranched alkanes of at least 4 members (excludes halogenated alkanes) is 1. The third-order valence-corrected chi connectivity index (χ3v) is 7.09. The highest BCUT2D eigenvalue weighted by Crippen LogP contribution is 2.40. The first-order valence-corrected chi connectivity index (χ1v) is 13.9. The van der Waals surface area contributed by atoms with Crippen LogP contribution in [-0.2, 0) is 14.3 Å². The normalized spacial score (nSPS) is 19.6. The minimum Gasteiger partial charge on any atom is -0.507 e. The molecule has 1 N–H and O–H groups in total. The number of hydrogen-bond donors (Lipinski definition) is 1. The van der Waals surface area contributed by atoms with Gasteiger partial charge >= 0.3 is 0 Å². The number of carbonyl (C=O) groups is 2. The summed E-state index contributed by atoms with van der Waals surface area (Å²) in [4.78, 5) is 30.6. The molecule has 2 aromatic carbocycles. The zero-order valence-corrected chi connectivity index (χ0v) is 23.4. The molecule has 0 aromatic heterocycles. The van der Waals surface area contributed by atoms with Gasteiger partial charge in [0, 0.05) is 31.7 Å². The number of aliphatic hydroxyl groups excluding tert-OH is 1. The molecule has 8 nitrogen and oxygen atoms in total. The lowest BCUT2D eigenvalue weighted by Crippen LogP contribution is -2.42. The van der Waals surface area contributed by atoms with Gasteiger partial charge in [-0.05, 0) is 68.7 Å². The Morgan fingerprint density at radius 3 is 2.38 bits per heavy atom. The number of aryl methyl sites for hydroxylation is 1. The van der Waals surface area contributed by atoms with Gasteiger partial charge in [-0.15, -0.1) is 0 Å². The first kappa shape index (κ1) is 28.6. The highest BCUT2D eigenvalue weighted by Gasteiger charge is 2.46. The van der Waals surface area contributed by atoms with Crippen molar-refractivity contribution in [3.8, 4) is 11.5 Å². The molecular weight excluding hydrogens is 496 g/mol. The summed E-state index contributed by atoms with van der Waals surface area (Å²) in [6.07, 6.45) is 2.01. The van der Waals surface area contributed by atoms with E-state index in [9.17, 15) is 14.7 Å². The summed E-state index contributed by atoms with van der Waals surface area (Å²) in [7, 11) is 0. The van der Waals surface area contributed by atoms with Crippen LogP contribution in [0.2, 0.25) is 0 Å². The minimum absolute atomic E-state index is 0.00885. The number of amides is 1. The van der Waals surface area contributed by atoms with Crippen molar-refractivity contribution in [3.05, 3.63) is 64.7 Å². The number of benzene rings is 2. The molecule has 1 atom stereocenters. The maximum atomic E-state index is 13.4. The smallest absolute Gasteiger partial charge is 0.295 e. The van der Waals surface area contributed by atoms with Gasteiger partial charge in [-0.1, -0.05) is 25.5 Å². The summed E-state index contributed by atoms with van der Waals surface area (Å²) < 4.78 is 17.0. The lowest BCUT2D eigenvalue weighted by atomic mass is 9.94. The average Bonchev–Trinajstić information content (AvgIpc) is 3.17. The highest BCUT2D eigenvalue weighted by atomic mass is 16.5. The topological polar surface area (TPSA) is 88.5 Å². The summed E-state index contributed by atoms with van der Waals surface area (Å²) in [5, 5.41) is 11.5. The van der Waals surface area contributed by atoms with Crippen LogP contribution in [0.5, 0.6) is 11.5 Å². The van der Waals surface area contributed by atoms with Crippen molar-refractivity contribution >= 4 is 17.4 Å². The molecule has 2 aliphatic heterocycles. The molecule has 2 saturated heterocycles. The van der Waals surface area contributed by atoms with E-state index in [1.54, 1.807) is 17.0 Å². The van der Waals surface area contributed by atoms with E-state index in [0.29, 0.717) is 44.2 Å². The first-order valence-electron chi connectivity index (χ1n) is 13.9. The van der Waals surface area contributed by atoms with Crippen molar-refractivity contribution < 1.29 is 28.9 Å². The predicted molar refractivity (Wildman–Crippen MR) is 150 cm³/mol. The first-order chi connectivity index (χ1) is 18.8. The SMILES string of the molecule is CCCCOc1ccc(C2/C(=C(\O)c3ccc(OC(C)C)cc3C)C(=O)C(=O)N2CCN2CCOCC2)cc1. The number of aliphatic hydroxyl groups is 1. The van der Waals surface area contributed by atoms with E-state index in [2.05, 4.69) is 11.8 Å². The van der Waals surface area contributed by atoms with Crippen LogP contribution >= 0.6 is 0 Å². The number of carbonyl (C=O) groups excluding carboxylic acids is 2. The number of ketones is 1. The van der Waals surface area contributed by atoms with E-state index in [1.807, 2.05) is 51.1 Å². The van der Waals surface area contributed by atoms with Crippen LogP contribution < -0.4 is 9.47 Å². The summed E-state index contributed by atoms with van der Waals surface area (Å²) in [6.45, 7) is 12.3. The molecule has 2 aliphatic rings. The number of rotatable bonds is 11. The van der Waals surface area contributed by atoms with Gasteiger partial charge in [0.15, 0.2) is 0 Å². The van der Waals surface area contributed by atoms with Crippen molar-refractivity contribution in [2.24, 2.45) is 0 Å². The van der Waals surface area contributed by atoms with Crippen molar-refractivity contribution in [2.75, 3.05) is 46.0 Å². The largest absolute Gasteiger partial charge is 0.507 e. The van der Waals surface area contributed by atoms with Crippen LogP contribution in [0.3, 0.4) is 0 Å². The molecule has 2 fully saturated rings. The molecule has 4 rings (SSSR count).